The molecule has 0 aromatic heterocycles. The number of nitrogens with one attached hydrogen (secondary N) is 2. The number of benzene rings is 2. The molecule has 5 rings (SSSR count). The van der Waals surface area contributed by atoms with Crippen LogP contribution in [0.15, 0.2) is 40.0 Å². The number of rotatable bonds is 1. The van der Waals surface area contributed by atoms with E-state index in [1.165, 1.54) is 11.1 Å². The lowest BCUT2D eigenvalue weighted by atomic mass is 9.73. The molecule has 0 bridgehead atoms. The van der Waals surface area contributed by atoms with E-state index in [2.05, 4.69) is 66.4 Å². The highest BCUT2D eigenvalue weighted by Gasteiger charge is 2.39. The van der Waals surface area contributed by atoms with Gasteiger partial charge in [-0.2, -0.15) is 0 Å². The highest BCUT2D eigenvalue weighted by Crippen LogP contribution is 2.48. The summed E-state index contributed by atoms with van der Waals surface area (Å²) < 4.78 is 12.0. The summed E-state index contributed by atoms with van der Waals surface area (Å²) in [5.74, 6) is 1.60. The smallest absolute Gasteiger partial charge is 0.231 e. The van der Waals surface area contributed by atoms with Gasteiger partial charge in [-0.3, -0.25) is 4.79 Å². The highest BCUT2D eigenvalue weighted by atomic mass is 79.9. The average Bonchev–Trinajstić information content (AvgIpc) is 3.03. The molecule has 2 N–H and O–H groups in total. The van der Waals surface area contributed by atoms with Crippen molar-refractivity contribution in [3.63, 3.8) is 0 Å². The monoisotopic (exact) mass is 468 g/mol. The van der Waals surface area contributed by atoms with Gasteiger partial charge in [0.15, 0.2) is 17.3 Å². The van der Waals surface area contributed by atoms with E-state index in [4.69, 9.17) is 9.47 Å². The number of allylic oxidation sites excluding steroid dienone is 1. The number of hydrogen-bond acceptors (Lipinski definition) is 5. The van der Waals surface area contributed by atoms with Gasteiger partial charge >= 0.3 is 0 Å². The minimum atomic E-state index is -0.289. The third kappa shape index (κ3) is 3.18. The lowest BCUT2D eigenvalue weighted by Crippen LogP contribution is -2.31. The van der Waals surface area contributed by atoms with E-state index < -0.39 is 0 Å². The Balaban J connectivity index is 1.71. The number of hydrogen-bond donors (Lipinski definition) is 2. The van der Waals surface area contributed by atoms with Gasteiger partial charge in [0.1, 0.15) is 0 Å². The van der Waals surface area contributed by atoms with Gasteiger partial charge in [0.05, 0.1) is 17.4 Å². The number of anilines is 2. The van der Waals surface area contributed by atoms with Crippen molar-refractivity contribution in [3.8, 4) is 11.5 Å². The van der Waals surface area contributed by atoms with Crippen LogP contribution in [0.1, 0.15) is 49.4 Å². The molecular formula is C24H25BrN2O3. The Kier molecular flexibility index (Phi) is 4.40. The number of ketones is 1. The van der Waals surface area contributed by atoms with Crippen molar-refractivity contribution in [2.24, 2.45) is 5.41 Å². The molecule has 2 aromatic rings. The third-order valence-corrected chi connectivity index (χ3v) is 6.92. The predicted octanol–water partition coefficient (Wildman–Crippen LogP) is 6.02. The van der Waals surface area contributed by atoms with E-state index in [9.17, 15) is 4.79 Å². The second-order valence-corrected chi connectivity index (χ2v) is 10.1. The van der Waals surface area contributed by atoms with Crippen molar-refractivity contribution >= 4 is 33.1 Å². The number of aryl methyl sites for hydroxylation is 2. The van der Waals surface area contributed by atoms with Crippen LogP contribution in [0.2, 0.25) is 0 Å². The molecule has 0 radical (unpaired) electrons. The maximum absolute atomic E-state index is 13.4. The van der Waals surface area contributed by atoms with Gasteiger partial charge in [0.2, 0.25) is 6.79 Å². The first kappa shape index (κ1) is 19.5. The average molecular weight is 469 g/mol. The summed E-state index contributed by atoms with van der Waals surface area (Å²) in [6, 6.07) is 7.93. The molecule has 5 nitrogen and oxygen atoms in total. The first-order chi connectivity index (χ1) is 14.2. The summed E-state index contributed by atoms with van der Waals surface area (Å²) in [6.07, 6.45) is 1.35. The molecule has 0 spiro atoms. The minimum Gasteiger partial charge on any atom is -0.454 e. The molecule has 2 aromatic carbocycles. The predicted molar refractivity (Wildman–Crippen MR) is 121 cm³/mol. The van der Waals surface area contributed by atoms with Crippen LogP contribution < -0.4 is 20.1 Å². The van der Waals surface area contributed by atoms with Crippen molar-refractivity contribution < 1.29 is 14.3 Å². The fourth-order valence-corrected chi connectivity index (χ4v) is 5.15. The van der Waals surface area contributed by atoms with Crippen LogP contribution in [0, 0.1) is 19.3 Å². The van der Waals surface area contributed by atoms with E-state index in [0.717, 1.165) is 44.9 Å². The van der Waals surface area contributed by atoms with Crippen molar-refractivity contribution in [2.75, 3.05) is 17.4 Å². The van der Waals surface area contributed by atoms with E-state index in [0.29, 0.717) is 12.2 Å². The summed E-state index contributed by atoms with van der Waals surface area (Å²) in [5.41, 5.74) is 7.12. The molecular weight excluding hydrogens is 444 g/mol. The molecule has 156 valence electrons. The fourth-order valence-electron chi connectivity index (χ4n) is 4.60. The van der Waals surface area contributed by atoms with Gasteiger partial charge in [-0.25, -0.2) is 0 Å². The topological polar surface area (TPSA) is 59.6 Å². The molecule has 2 aliphatic heterocycles. The molecule has 0 amide bonds. The maximum atomic E-state index is 13.4. The summed E-state index contributed by atoms with van der Waals surface area (Å²) in [6.45, 7) is 8.74. The van der Waals surface area contributed by atoms with Crippen LogP contribution in [0.4, 0.5) is 11.4 Å². The first-order valence-corrected chi connectivity index (χ1v) is 11.0. The van der Waals surface area contributed by atoms with Gasteiger partial charge in [-0.15, -0.1) is 0 Å². The lowest BCUT2D eigenvalue weighted by Gasteiger charge is -2.34. The molecule has 0 fully saturated rings. The van der Waals surface area contributed by atoms with Crippen molar-refractivity contribution in [2.45, 2.75) is 46.6 Å². The van der Waals surface area contributed by atoms with E-state index >= 15 is 0 Å². The molecule has 1 aliphatic carbocycles. The molecule has 0 saturated heterocycles. The van der Waals surface area contributed by atoms with E-state index in [-0.39, 0.29) is 24.0 Å². The number of fused-ring (bicyclic) bond motifs is 2. The summed E-state index contributed by atoms with van der Waals surface area (Å²) in [4.78, 5) is 13.4. The van der Waals surface area contributed by atoms with Crippen molar-refractivity contribution in [3.05, 3.63) is 56.7 Å². The highest BCUT2D eigenvalue weighted by molar-refractivity contribution is 9.10. The van der Waals surface area contributed by atoms with Crippen LogP contribution in [0.25, 0.3) is 0 Å². The minimum absolute atomic E-state index is 0.0795. The molecule has 1 atom stereocenters. The normalized spacial score (nSPS) is 21.4. The van der Waals surface area contributed by atoms with Gasteiger partial charge in [-0.1, -0.05) is 29.8 Å². The Morgan fingerprint density at radius 1 is 1.00 bits per heavy atom. The Morgan fingerprint density at radius 2 is 1.67 bits per heavy atom. The summed E-state index contributed by atoms with van der Waals surface area (Å²) in [7, 11) is 0. The first-order valence-electron chi connectivity index (χ1n) is 10.2. The Labute approximate surface area is 185 Å². The number of Topliss-reactive ketones (excluding diaryl/α,β-unsaturated/α-hetero) is 1. The number of carbonyl (C=O) groups is 1. The molecule has 0 saturated carbocycles. The molecule has 1 unspecified atom stereocenters. The Hall–Kier alpha value is -2.47. The quantitative estimate of drug-likeness (QED) is 0.535. The molecule has 3 aliphatic rings. The van der Waals surface area contributed by atoms with Gasteiger partial charge in [0.25, 0.3) is 0 Å². The fraction of sp³-hybridized carbons (Fsp3) is 0.375. The second-order valence-electron chi connectivity index (χ2n) is 9.24. The second kappa shape index (κ2) is 6.77. The van der Waals surface area contributed by atoms with Crippen molar-refractivity contribution in [1.29, 1.82) is 0 Å². The largest absolute Gasteiger partial charge is 0.454 e. The zero-order chi connectivity index (χ0) is 21.2. The SMILES string of the molecule is Cc1cc2c(cc1C)NC(c1cc3c(cc1Br)OCO3)C1=C(CC(C)(C)CC1=O)N2. The van der Waals surface area contributed by atoms with Gasteiger partial charge in [0, 0.05) is 22.2 Å². The van der Waals surface area contributed by atoms with Gasteiger partial charge in [-0.05, 0) is 66.6 Å². The van der Waals surface area contributed by atoms with E-state index in [1.54, 1.807) is 0 Å². The number of ether oxygens (including phenoxy) is 2. The summed E-state index contributed by atoms with van der Waals surface area (Å²) >= 11 is 3.71. The Bertz CT molecular complexity index is 1120. The Morgan fingerprint density at radius 3 is 2.40 bits per heavy atom. The standard InChI is InChI=1S/C24H25BrN2O3/c1-12-5-16-17(6-13(12)2)27-23(14-7-20-21(8-15(14)25)30-11-29-20)22-18(26-16)9-24(3,4)10-19(22)28/h5-8,23,26-27H,9-11H2,1-4H3. The van der Waals surface area contributed by atoms with E-state index in [1.807, 2.05) is 12.1 Å². The zero-order valence-corrected chi connectivity index (χ0v) is 19.2. The van der Waals surface area contributed by atoms with Crippen LogP contribution >= 0.6 is 15.9 Å². The number of carbonyl (C=O) groups excluding carboxylic acids is 1. The van der Waals surface area contributed by atoms with Gasteiger partial charge < -0.3 is 20.1 Å². The van der Waals surface area contributed by atoms with Crippen LogP contribution in [-0.2, 0) is 4.79 Å². The van der Waals surface area contributed by atoms with Crippen LogP contribution in [-0.4, -0.2) is 12.6 Å². The molecule has 2 heterocycles. The third-order valence-electron chi connectivity index (χ3n) is 6.23. The molecule has 6 heteroatoms. The zero-order valence-electron chi connectivity index (χ0n) is 17.6. The maximum Gasteiger partial charge on any atom is 0.231 e. The van der Waals surface area contributed by atoms with Crippen LogP contribution in [0.3, 0.4) is 0 Å². The number of halogens is 1. The van der Waals surface area contributed by atoms with Crippen LogP contribution in [0.5, 0.6) is 11.5 Å². The van der Waals surface area contributed by atoms with Crippen molar-refractivity contribution in [1.82, 2.24) is 0 Å². The molecule has 30 heavy (non-hydrogen) atoms. The lowest BCUT2D eigenvalue weighted by molar-refractivity contribution is -0.118. The summed E-state index contributed by atoms with van der Waals surface area (Å²) in [5, 5.41) is 7.28.